The molecular weight excluding hydrogens is 285 g/mol. The highest BCUT2D eigenvalue weighted by molar-refractivity contribution is 6.02. The van der Waals surface area contributed by atoms with E-state index in [-0.39, 0.29) is 11.4 Å². The lowest BCUT2D eigenvalue weighted by atomic mass is 10.2. The molecule has 5 nitrogen and oxygen atoms in total. The number of anilines is 2. The number of halogens is 3. The van der Waals surface area contributed by atoms with E-state index in [1.165, 1.54) is 24.5 Å². The summed E-state index contributed by atoms with van der Waals surface area (Å²) in [7, 11) is 1.65. The summed E-state index contributed by atoms with van der Waals surface area (Å²) in [6, 6.07) is 4.36. The number of hydrogen-bond donors (Lipinski definition) is 2. The van der Waals surface area contributed by atoms with E-state index in [9.17, 15) is 18.0 Å². The van der Waals surface area contributed by atoms with Gasteiger partial charge in [-0.25, -0.2) is 9.97 Å². The molecule has 0 bridgehead atoms. The number of benzene rings is 1. The van der Waals surface area contributed by atoms with E-state index in [1.807, 2.05) is 0 Å². The second-order valence-electron chi connectivity index (χ2n) is 4.07. The summed E-state index contributed by atoms with van der Waals surface area (Å²) in [6.45, 7) is 0. The zero-order chi connectivity index (χ0) is 15.5. The van der Waals surface area contributed by atoms with Crippen LogP contribution in [-0.2, 0) is 6.18 Å². The maximum Gasteiger partial charge on any atom is 0.416 e. The lowest BCUT2D eigenvalue weighted by molar-refractivity contribution is -0.137. The number of carbonyl (C=O) groups excluding carboxylic acids is 1. The van der Waals surface area contributed by atoms with Crippen LogP contribution < -0.4 is 10.6 Å². The zero-order valence-electron chi connectivity index (χ0n) is 10.9. The molecule has 1 aromatic heterocycles. The SMILES string of the molecule is CNc1cnc(C(=O)Nc2cccc(C(F)(F)F)c2)cn1. The normalized spacial score (nSPS) is 11.0. The molecule has 0 atom stereocenters. The largest absolute Gasteiger partial charge is 0.416 e. The maximum atomic E-state index is 12.6. The Morgan fingerprint density at radius 1 is 1.19 bits per heavy atom. The van der Waals surface area contributed by atoms with Gasteiger partial charge in [-0.05, 0) is 18.2 Å². The van der Waals surface area contributed by atoms with Crippen LogP contribution in [-0.4, -0.2) is 22.9 Å². The van der Waals surface area contributed by atoms with Crippen molar-refractivity contribution in [2.75, 3.05) is 17.7 Å². The second kappa shape index (κ2) is 5.78. The fraction of sp³-hybridized carbons (Fsp3) is 0.154. The Labute approximate surface area is 118 Å². The quantitative estimate of drug-likeness (QED) is 0.914. The average molecular weight is 296 g/mol. The molecule has 0 saturated carbocycles. The van der Waals surface area contributed by atoms with E-state index in [2.05, 4.69) is 20.6 Å². The highest BCUT2D eigenvalue weighted by atomic mass is 19.4. The van der Waals surface area contributed by atoms with Crippen LogP contribution in [0, 0.1) is 0 Å². The molecule has 0 aliphatic heterocycles. The van der Waals surface area contributed by atoms with Crippen LogP contribution in [0.15, 0.2) is 36.7 Å². The average Bonchev–Trinajstić information content (AvgIpc) is 2.47. The van der Waals surface area contributed by atoms with Crippen LogP contribution in [0.1, 0.15) is 16.1 Å². The first kappa shape index (κ1) is 14.8. The van der Waals surface area contributed by atoms with E-state index in [0.29, 0.717) is 5.82 Å². The van der Waals surface area contributed by atoms with Gasteiger partial charge in [0.05, 0.1) is 18.0 Å². The summed E-state index contributed by atoms with van der Waals surface area (Å²) < 4.78 is 37.7. The minimum atomic E-state index is -4.46. The predicted molar refractivity (Wildman–Crippen MR) is 71.0 cm³/mol. The first-order chi connectivity index (χ1) is 9.90. The minimum absolute atomic E-state index is 0.00594. The molecule has 0 aliphatic carbocycles. The predicted octanol–water partition coefficient (Wildman–Crippen LogP) is 2.79. The van der Waals surface area contributed by atoms with Crippen molar-refractivity contribution in [2.24, 2.45) is 0 Å². The summed E-state index contributed by atoms with van der Waals surface area (Å²) in [6.07, 6.45) is -1.88. The van der Waals surface area contributed by atoms with E-state index in [0.717, 1.165) is 12.1 Å². The first-order valence-corrected chi connectivity index (χ1v) is 5.88. The topological polar surface area (TPSA) is 66.9 Å². The molecule has 8 heteroatoms. The molecule has 0 unspecified atom stereocenters. The van der Waals surface area contributed by atoms with Crippen molar-refractivity contribution in [2.45, 2.75) is 6.18 Å². The van der Waals surface area contributed by atoms with Gasteiger partial charge in [-0.15, -0.1) is 0 Å². The molecule has 0 saturated heterocycles. The van der Waals surface area contributed by atoms with Crippen molar-refractivity contribution >= 4 is 17.4 Å². The van der Waals surface area contributed by atoms with E-state index in [1.54, 1.807) is 7.05 Å². The van der Waals surface area contributed by atoms with Crippen LogP contribution in [0.4, 0.5) is 24.7 Å². The van der Waals surface area contributed by atoms with Crippen molar-refractivity contribution in [3.05, 3.63) is 47.9 Å². The molecule has 2 rings (SSSR count). The van der Waals surface area contributed by atoms with Gasteiger partial charge in [-0.3, -0.25) is 4.79 Å². The molecular formula is C13H11F3N4O. The van der Waals surface area contributed by atoms with E-state index >= 15 is 0 Å². The van der Waals surface area contributed by atoms with Crippen LogP contribution in [0.3, 0.4) is 0 Å². The third kappa shape index (κ3) is 3.68. The highest BCUT2D eigenvalue weighted by Gasteiger charge is 2.30. The Morgan fingerprint density at radius 3 is 2.52 bits per heavy atom. The van der Waals surface area contributed by atoms with Gasteiger partial charge in [-0.1, -0.05) is 6.07 Å². The van der Waals surface area contributed by atoms with Crippen molar-refractivity contribution in [1.82, 2.24) is 9.97 Å². The van der Waals surface area contributed by atoms with Gasteiger partial charge in [0.15, 0.2) is 0 Å². The van der Waals surface area contributed by atoms with Crippen molar-refractivity contribution < 1.29 is 18.0 Å². The number of aromatic nitrogens is 2. The Bertz CT molecular complexity index is 641. The highest BCUT2D eigenvalue weighted by Crippen LogP contribution is 2.30. The Morgan fingerprint density at radius 2 is 1.95 bits per heavy atom. The summed E-state index contributed by atoms with van der Waals surface area (Å²) in [5, 5.41) is 5.08. The third-order valence-electron chi connectivity index (χ3n) is 2.59. The molecule has 0 fully saturated rings. The van der Waals surface area contributed by atoms with E-state index < -0.39 is 17.6 Å². The lowest BCUT2D eigenvalue weighted by Crippen LogP contribution is -2.15. The van der Waals surface area contributed by atoms with Gasteiger partial charge in [0.2, 0.25) is 0 Å². The zero-order valence-corrected chi connectivity index (χ0v) is 10.9. The molecule has 2 aromatic rings. The number of nitrogens with one attached hydrogen (secondary N) is 2. The van der Waals surface area contributed by atoms with Gasteiger partial charge in [0.25, 0.3) is 5.91 Å². The molecule has 1 amide bonds. The first-order valence-electron chi connectivity index (χ1n) is 5.88. The monoisotopic (exact) mass is 296 g/mol. The van der Waals surface area contributed by atoms with Gasteiger partial charge in [-0.2, -0.15) is 13.2 Å². The number of hydrogen-bond acceptors (Lipinski definition) is 4. The van der Waals surface area contributed by atoms with Gasteiger partial charge in [0.1, 0.15) is 11.5 Å². The number of alkyl halides is 3. The van der Waals surface area contributed by atoms with Crippen LogP contribution in [0.2, 0.25) is 0 Å². The number of amides is 1. The Balaban J connectivity index is 2.15. The van der Waals surface area contributed by atoms with Crippen molar-refractivity contribution in [3.63, 3.8) is 0 Å². The number of carbonyl (C=O) groups is 1. The molecule has 21 heavy (non-hydrogen) atoms. The maximum absolute atomic E-state index is 12.6. The molecule has 0 spiro atoms. The standard InChI is InChI=1S/C13H11F3N4O/c1-17-11-7-18-10(6-19-11)12(21)20-9-4-2-3-8(5-9)13(14,15)16/h2-7H,1H3,(H,17,19)(H,20,21). The fourth-order valence-electron chi connectivity index (χ4n) is 1.54. The summed E-state index contributed by atoms with van der Waals surface area (Å²) in [5.41, 5.74) is -0.794. The summed E-state index contributed by atoms with van der Waals surface area (Å²) >= 11 is 0. The van der Waals surface area contributed by atoms with Crippen molar-refractivity contribution in [3.8, 4) is 0 Å². The molecule has 0 radical (unpaired) electrons. The lowest BCUT2D eigenvalue weighted by Gasteiger charge is -2.09. The minimum Gasteiger partial charge on any atom is -0.372 e. The van der Waals surface area contributed by atoms with Crippen LogP contribution >= 0.6 is 0 Å². The molecule has 110 valence electrons. The summed E-state index contributed by atoms with van der Waals surface area (Å²) in [4.78, 5) is 19.6. The molecule has 0 aliphatic rings. The van der Waals surface area contributed by atoms with Crippen molar-refractivity contribution in [1.29, 1.82) is 0 Å². The van der Waals surface area contributed by atoms with Crippen LogP contribution in [0.25, 0.3) is 0 Å². The van der Waals surface area contributed by atoms with Gasteiger partial charge < -0.3 is 10.6 Å². The molecule has 1 heterocycles. The Hall–Kier alpha value is -2.64. The summed E-state index contributed by atoms with van der Waals surface area (Å²) in [5.74, 6) is -0.157. The van der Waals surface area contributed by atoms with E-state index in [4.69, 9.17) is 0 Å². The second-order valence-corrected chi connectivity index (χ2v) is 4.07. The van der Waals surface area contributed by atoms with Crippen LogP contribution in [0.5, 0.6) is 0 Å². The number of nitrogens with zero attached hydrogens (tertiary/aromatic N) is 2. The van der Waals surface area contributed by atoms with Gasteiger partial charge >= 0.3 is 6.18 Å². The molecule has 1 aromatic carbocycles. The van der Waals surface area contributed by atoms with Gasteiger partial charge in [0, 0.05) is 12.7 Å². The smallest absolute Gasteiger partial charge is 0.372 e. The fourth-order valence-corrected chi connectivity index (χ4v) is 1.54. The molecule has 2 N–H and O–H groups in total. The number of rotatable bonds is 3. The third-order valence-corrected chi connectivity index (χ3v) is 2.59. The Kier molecular flexibility index (Phi) is 4.06.